The molecule has 3 heterocycles. The predicted molar refractivity (Wildman–Crippen MR) is 84.6 cm³/mol. The van der Waals surface area contributed by atoms with Crippen molar-refractivity contribution in [3.05, 3.63) is 49.0 Å². The molecule has 0 aromatic carbocycles. The topological polar surface area (TPSA) is 57.8 Å². The molecule has 3 rings (SSSR count). The van der Waals surface area contributed by atoms with Gasteiger partial charge in [0.15, 0.2) is 0 Å². The highest BCUT2D eigenvalue weighted by Gasteiger charge is 2.05. The average molecular weight is 305 g/mol. The Hall–Kier alpha value is -1.50. The van der Waals surface area contributed by atoms with Gasteiger partial charge in [0.1, 0.15) is 10.5 Å². The third-order valence-corrected chi connectivity index (χ3v) is 5.23. The first-order chi connectivity index (χ1) is 9.63. The summed E-state index contributed by atoms with van der Waals surface area (Å²) in [6, 6.07) is 4.08. The van der Waals surface area contributed by atoms with Crippen molar-refractivity contribution in [1.82, 2.24) is 15.3 Å². The summed E-state index contributed by atoms with van der Waals surface area (Å²) in [5.41, 5.74) is 2.06. The average Bonchev–Trinajstić information content (AvgIpc) is 2.98. The summed E-state index contributed by atoms with van der Waals surface area (Å²) >= 11 is 3.23. The van der Waals surface area contributed by atoms with E-state index in [1.807, 2.05) is 11.4 Å². The second-order valence-electron chi connectivity index (χ2n) is 4.70. The van der Waals surface area contributed by atoms with Gasteiger partial charge in [-0.3, -0.25) is 4.79 Å². The molecule has 3 aromatic heterocycles. The van der Waals surface area contributed by atoms with Gasteiger partial charge < -0.3 is 10.3 Å². The standard InChI is InChI=1S/C14H15N3OS2/c1-8-5-10(20-9(8)2)6-15-7-12-16-11-3-4-19-13(11)14(18)17-12/h3-5,15H,6-7H2,1-2H3,(H,16,17,18). The van der Waals surface area contributed by atoms with Crippen LogP contribution in [0.1, 0.15) is 21.1 Å². The summed E-state index contributed by atoms with van der Waals surface area (Å²) in [7, 11) is 0. The zero-order valence-electron chi connectivity index (χ0n) is 11.3. The summed E-state index contributed by atoms with van der Waals surface area (Å²) in [4.78, 5) is 21.8. The zero-order chi connectivity index (χ0) is 14.1. The van der Waals surface area contributed by atoms with Gasteiger partial charge in [-0.1, -0.05) is 0 Å². The maximum absolute atomic E-state index is 11.8. The number of nitrogens with one attached hydrogen (secondary N) is 2. The molecule has 0 amide bonds. The normalized spacial score (nSPS) is 11.3. The second-order valence-corrected chi connectivity index (χ2v) is 6.96. The Morgan fingerprint density at radius 3 is 2.95 bits per heavy atom. The lowest BCUT2D eigenvalue weighted by molar-refractivity contribution is 0.669. The van der Waals surface area contributed by atoms with Crippen molar-refractivity contribution in [2.75, 3.05) is 0 Å². The number of rotatable bonds is 4. The first kappa shape index (κ1) is 13.5. The number of aromatic nitrogens is 2. The number of hydrogen-bond acceptors (Lipinski definition) is 5. The third-order valence-electron chi connectivity index (χ3n) is 3.17. The third kappa shape index (κ3) is 2.67. The number of thiophene rings is 2. The van der Waals surface area contributed by atoms with Crippen LogP contribution in [0.5, 0.6) is 0 Å². The van der Waals surface area contributed by atoms with Crippen LogP contribution in [0.4, 0.5) is 0 Å². The van der Waals surface area contributed by atoms with Crippen LogP contribution in [-0.2, 0) is 13.1 Å². The van der Waals surface area contributed by atoms with Crippen LogP contribution in [-0.4, -0.2) is 9.97 Å². The lowest BCUT2D eigenvalue weighted by Gasteiger charge is -2.02. The lowest BCUT2D eigenvalue weighted by atomic mass is 10.3. The van der Waals surface area contributed by atoms with Gasteiger partial charge in [0, 0.05) is 16.3 Å². The van der Waals surface area contributed by atoms with E-state index in [1.54, 1.807) is 11.3 Å². The van der Waals surface area contributed by atoms with Gasteiger partial charge in [0.2, 0.25) is 0 Å². The fourth-order valence-corrected chi connectivity index (χ4v) is 3.79. The minimum absolute atomic E-state index is 0.0513. The summed E-state index contributed by atoms with van der Waals surface area (Å²) in [6.45, 7) is 5.62. The number of H-pyrrole nitrogens is 1. The van der Waals surface area contributed by atoms with E-state index in [-0.39, 0.29) is 5.56 Å². The van der Waals surface area contributed by atoms with Gasteiger partial charge in [-0.25, -0.2) is 4.98 Å². The van der Waals surface area contributed by atoms with Crippen LogP contribution < -0.4 is 10.9 Å². The molecule has 104 valence electrons. The van der Waals surface area contributed by atoms with Crippen LogP contribution in [0.15, 0.2) is 22.3 Å². The van der Waals surface area contributed by atoms with E-state index >= 15 is 0 Å². The molecule has 0 spiro atoms. The Kier molecular flexibility index (Phi) is 3.69. The molecule has 0 radical (unpaired) electrons. The van der Waals surface area contributed by atoms with Gasteiger partial charge in [-0.2, -0.15) is 0 Å². The van der Waals surface area contributed by atoms with Crippen molar-refractivity contribution in [2.24, 2.45) is 0 Å². The van der Waals surface area contributed by atoms with E-state index in [2.05, 4.69) is 35.2 Å². The van der Waals surface area contributed by atoms with Gasteiger partial charge in [0.25, 0.3) is 5.56 Å². The Balaban J connectivity index is 1.69. The molecule has 20 heavy (non-hydrogen) atoms. The molecular weight excluding hydrogens is 290 g/mol. The fourth-order valence-electron chi connectivity index (χ4n) is 2.05. The summed E-state index contributed by atoms with van der Waals surface area (Å²) in [5.74, 6) is 0.686. The second kappa shape index (κ2) is 5.47. The first-order valence-electron chi connectivity index (χ1n) is 6.36. The minimum Gasteiger partial charge on any atom is -0.308 e. The van der Waals surface area contributed by atoms with E-state index < -0.39 is 0 Å². The van der Waals surface area contributed by atoms with Gasteiger partial charge in [-0.15, -0.1) is 22.7 Å². The molecule has 0 aliphatic carbocycles. The van der Waals surface area contributed by atoms with Crippen molar-refractivity contribution in [3.8, 4) is 0 Å². The maximum atomic E-state index is 11.8. The summed E-state index contributed by atoms with van der Waals surface area (Å²) < 4.78 is 0.693. The first-order valence-corrected chi connectivity index (χ1v) is 8.06. The number of hydrogen-bond donors (Lipinski definition) is 2. The Labute approximate surface area is 124 Å². The maximum Gasteiger partial charge on any atom is 0.268 e. The molecule has 2 N–H and O–H groups in total. The minimum atomic E-state index is -0.0513. The van der Waals surface area contributed by atoms with Gasteiger partial charge in [-0.05, 0) is 36.9 Å². The Bertz CT molecular complexity index is 781. The number of aromatic amines is 1. The highest BCUT2D eigenvalue weighted by Crippen LogP contribution is 2.20. The molecule has 0 saturated carbocycles. The van der Waals surface area contributed by atoms with E-state index in [0.717, 1.165) is 12.1 Å². The summed E-state index contributed by atoms with van der Waals surface area (Å²) in [5, 5.41) is 5.21. The highest BCUT2D eigenvalue weighted by atomic mass is 32.1. The molecule has 3 aromatic rings. The quantitative estimate of drug-likeness (QED) is 0.779. The largest absolute Gasteiger partial charge is 0.308 e. The summed E-state index contributed by atoms with van der Waals surface area (Å²) in [6.07, 6.45) is 0. The number of fused-ring (bicyclic) bond motifs is 1. The molecule has 0 fully saturated rings. The van der Waals surface area contributed by atoms with Crippen LogP contribution >= 0.6 is 22.7 Å². The highest BCUT2D eigenvalue weighted by molar-refractivity contribution is 7.17. The van der Waals surface area contributed by atoms with E-state index in [0.29, 0.717) is 17.1 Å². The van der Waals surface area contributed by atoms with Crippen LogP contribution in [0.3, 0.4) is 0 Å². The molecule has 6 heteroatoms. The Morgan fingerprint density at radius 2 is 2.20 bits per heavy atom. The molecule has 0 saturated heterocycles. The van der Waals surface area contributed by atoms with E-state index in [9.17, 15) is 4.79 Å². The molecule has 0 bridgehead atoms. The van der Waals surface area contributed by atoms with Crippen LogP contribution in [0, 0.1) is 13.8 Å². The molecule has 0 aliphatic rings. The molecule has 0 aliphatic heterocycles. The van der Waals surface area contributed by atoms with Crippen molar-refractivity contribution in [1.29, 1.82) is 0 Å². The molecule has 0 unspecified atom stereocenters. The fraction of sp³-hybridized carbons (Fsp3) is 0.286. The number of aryl methyl sites for hydroxylation is 2. The zero-order valence-corrected chi connectivity index (χ0v) is 13.0. The van der Waals surface area contributed by atoms with Crippen molar-refractivity contribution in [3.63, 3.8) is 0 Å². The van der Waals surface area contributed by atoms with Crippen LogP contribution in [0.25, 0.3) is 10.2 Å². The van der Waals surface area contributed by atoms with Crippen LogP contribution in [0.2, 0.25) is 0 Å². The van der Waals surface area contributed by atoms with Crippen molar-refractivity contribution >= 4 is 32.9 Å². The Morgan fingerprint density at radius 1 is 1.35 bits per heavy atom. The van der Waals surface area contributed by atoms with E-state index in [1.165, 1.54) is 26.7 Å². The van der Waals surface area contributed by atoms with E-state index in [4.69, 9.17) is 0 Å². The SMILES string of the molecule is Cc1cc(CNCc2nc3ccsc3c(=O)[nH]2)sc1C. The smallest absolute Gasteiger partial charge is 0.268 e. The lowest BCUT2D eigenvalue weighted by Crippen LogP contribution is -2.18. The molecule has 4 nitrogen and oxygen atoms in total. The van der Waals surface area contributed by atoms with Crippen molar-refractivity contribution in [2.45, 2.75) is 26.9 Å². The van der Waals surface area contributed by atoms with Crippen molar-refractivity contribution < 1.29 is 0 Å². The molecule has 0 atom stereocenters. The number of nitrogens with zero attached hydrogens (tertiary/aromatic N) is 1. The molecular formula is C14H15N3OS2. The monoisotopic (exact) mass is 305 g/mol. The van der Waals surface area contributed by atoms with Gasteiger partial charge in [0.05, 0.1) is 12.1 Å². The van der Waals surface area contributed by atoms with Gasteiger partial charge >= 0.3 is 0 Å². The predicted octanol–water partition coefficient (Wildman–Crippen LogP) is 2.95.